The highest BCUT2D eigenvalue weighted by molar-refractivity contribution is 9.09. The van der Waals surface area contributed by atoms with Crippen LogP contribution in [-0.4, -0.2) is 10.3 Å². The van der Waals surface area contributed by atoms with E-state index in [1.165, 1.54) is 0 Å². The van der Waals surface area contributed by atoms with Crippen molar-refractivity contribution in [3.8, 4) is 0 Å². The minimum Gasteiger partial charge on any atom is -0.244 e. The van der Waals surface area contributed by atoms with Gasteiger partial charge in [0.2, 0.25) is 0 Å². The van der Waals surface area contributed by atoms with Crippen LogP contribution in [0.4, 0.5) is 0 Å². The second kappa shape index (κ2) is 3.75. The Hall–Kier alpha value is -0.0800. The van der Waals surface area contributed by atoms with Crippen LogP contribution in [0.3, 0.4) is 0 Å². The predicted molar refractivity (Wildman–Crippen MR) is 56.1 cm³/mol. The molecule has 1 heterocycles. The molecule has 0 unspecified atom stereocenters. The molecule has 0 radical (unpaired) electrons. The lowest BCUT2D eigenvalue weighted by Crippen LogP contribution is -2.19. The number of aromatic nitrogens is 1. The Morgan fingerprint density at radius 2 is 2.25 bits per heavy atom. The summed E-state index contributed by atoms with van der Waals surface area (Å²) in [5.74, 6) is 0. The molecule has 0 atom stereocenters. The zero-order valence-corrected chi connectivity index (χ0v) is 9.48. The first-order chi connectivity index (χ1) is 5.58. The molecule has 0 saturated heterocycles. The number of hydrogen-bond acceptors (Lipinski definition) is 1. The lowest BCUT2D eigenvalue weighted by Gasteiger charge is -2.22. The number of alkyl halides is 1. The lowest BCUT2D eigenvalue weighted by atomic mass is 9.88. The number of rotatable bonds is 2. The molecule has 3 heteroatoms. The van der Waals surface area contributed by atoms with Crippen molar-refractivity contribution < 1.29 is 0 Å². The third-order valence-corrected chi connectivity index (χ3v) is 3.53. The fraction of sp³-hybridized carbons (Fsp3) is 0.444. The molecule has 66 valence electrons. The van der Waals surface area contributed by atoms with Gasteiger partial charge in [-0.3, -0.25) is 0 Å². The van der Waals surface area contributed by atoms with E-state index >= 15 is 0 Å². The molecule has 12 heavy (non-hydrogen) atoms. The fourth-order valence-corrected chi connectivity index (χ4v) is 1.64. The Morgan fingerprint density at radius 3 is 2.75 bits per heavy atom. The summed E-state index contributed by atoms with van der Waals surface area (Å²) in [6.07, 6.45) is 1.70. The van der Waals surface area contributed by atoms with Crippen LogP contribution < -0.4 is 0 Å². The van der Waals surface area contributed by atoms with Crippen LogP contribution in [-0.2, 0) is 5.41 Å². The maximum Gasteiger partial charge on any atom is 0.132 e. The molecule has 0 fully saturated rings. The average Bonchev–Trinajstić information content (AvgIpc) is 2.05. The van der Waals surface area contributed by atoms with Gasteiger partial charge in [-0.25, -0.2) is 4.98 Å². The molecule has 1 nitrogen and oxygen atoms in total. The molecule has 0 aromatic carbocycles. The predicted octanol–water partition coefficient (Wildman–Crippen LogP) is 3.41. The van der Waals surface area contributed by atoms with E-state index in [-0.39, 0.29) is 5.41 Å². The van der Waals surface area contributed by atoms with Crippen molar-refractivity contribution in [1.82, 2.24) is 4.98 Å². The fourth-order valence-electron chi connectivity index (χ4n) is 0.963. The first-order valence-electron chi connectivity index (χ1n) is 3.75. The Balaban J connectivity index is 3.10. The normalized spacial score (nSPS) is 11.7. The summed E-state index contributed by atoms with van der Waals surface area (Å²) >= 11 is 9.41. The van der Waals surface area contributed by atoms with Crippen LogP contribution in [0.5, 0.6) is 0 Å². The van der Waals surface area contributed by atoms with Gasteiger partial charge < -0.3 is 0 Å². The van der Waals surface area contributed by atoms with Crippen molar-refractivity contribution in [1.29, 1.82) is 0 Å². The van der Waals surface area contributed by atoms with Crippen LogP contribution in [0.2, 0.25) is 5.15 Å². The molecular formula is C9H11BrClN. The van der Waals surface area contributed by atoms with Gasteiger partial charge in [0, 0.05) is 16.9 Å². The van der Waals surface area contributed by atoms with Crippen molar-refractivity contribution in [2.24, 2.45) is 0 Å². The van der Waals surface area contributed by atoms with Crippen LogP contribution in [0, 0.1) is 0 Å². The van der Waals surface area contributed by atoms with Crippen molar-refractivity contribution in [2.45, 2.75) is 19.3 Å². The maximum absolute atomic E-state index is 5.96. The first kappa shape index (κ1) is 10.0. The van der Waals surface area contributed by atoms with Gasteiger partial charge in [-0.1, -0.05) is 47.4 Å². The highest BCUT2D eigenvalue weighted by atomic mass is 79.9. The Labute approximate surface area is 86.3 Å². The molecule has 1 aromatic rings. The zero-order valence-electron chi connectivity index (χ0n) is 7.14. The van der Waals surface area contributed by atoms with Crippen LogP contribution in [0.1, 0.15) is 19.4 Å². The molecule has 0 aliphatic carbocycles. The number of hydrogen-bond donors (Lipinski definition) is 0. The van der Waals surface area contributed by atoms with E-state index < -0.39 is 0 Å². The van der Waals surface area contributed by atoms with Gasteiger partial charge >= 0.3 is 0 Å². The summed E-state index contributed by atoms with van der Waals surface area (Å²) in [6.45, 7) is 4.26. The zero-order chi connectivity index (χ0) is 9.19. The van der Waals surface area contributed by atoms with Gasteiger partial charge in [-0.05, 0) is 11.6 Å². The highest BCUT2D eigenvalue weighted by Gasteiger charge is 2.21. The second-order valence-corrected chi connectivity index (χ2v) is 4.28. The van der Waals surface area contributed by atoms with Crippen molar-refractivity contribution in [2.75, 3.05) is 5.33 Å². The Kier molecular flexibility index (Phi) is 3.13. The van der Waals surface area contributed by atoms with Crippen LogP contribution in [0.15, 0.2) is 18.3 Å². The largest absolute Gasteiger partial charge is 0.244 e. The van der Waals surface area contributed by atoms with Gasteiger partial charge in [-0.15, -0.1) is 0 Å². The van der Waals surface area contributed by atoms with E-state index in [4.69, 9.17) is 11.6 Å². The van der Waals surface area contributed by atoms with Crippen molar-refractivity contribution >= 4 is 27.5 Å². The van der Waals surface area contributed by atoms with Crippen LogP contribution >= 0.6 is 27.5 Å². The minimum absolute atomic E-state index is 0.0470. The summed E-state index contributed by atoms with van der Waals surface area (Å²) in [4.78, 5) is 4.04. The van der Waals surface area contributed by atoms with E-state index in [0.717, 1.165) is 10.9 Å². The SMILES string of the molecule is CC(C)(CBr)c1cccnc1Cl. The molecule has 0 spiro atoms. The van der Waals surface area contributed by atoms with E-state index in [2.05, 4.69) is 34.8 Å². The van der Waals surface area contributed by atoms with Gasteiger partial charge in [0.05, 0.1) is 0 Å². The van der Waals surface area contributed by atoms with E-state index in [0.29, 0.717) is 5.15 Å². The third kappa shape index (κ3) is 1.99. The Morgan fingerprint density at radius 1 is 1.58 bits per heavy atom. The highest BCUT2D eigenvalue weighted by Crippen LogP contribution is 2.29. The maximum atomic E-state index is 5.96. The standard InChI is InChI=1S/C9H11BrClN/c1-9(2,6-10)7-4-3-5-12-8(7)11/h3-5H,6H2,1-2H3. The molecular weight excluding hydrogens is 237 g/mol. The van der Waals surface area contributed by atoms with E-state index in [1.54, 1.807) is 6.20 Å². The number of nitrogens with zero attached hydrogens (tertiary/aromatic N) is 1. The van der Waals surface area contributed by atoms with Crippen molar-refractivity contribution in [3.05, 3.63) is 29.0 Å². The lowest BCUT2D eigenvalue weighted by molar-refractivity contribution is 0.604. The molecule has 0 amide bonds. The van der Waals surface area contributed by atoms with Gasteiger partial charge in [0.15, 0.2) is 0 Å². The van der Waals surface area contributed by atoms with Gasteiger partial charge in [-0.2, -0.15) is 0 Å². The molecule has 0 aliphatic rings. The van der Waals surface area contributed by atoms with Gasteiger partial charge in [0.25, 0.3) is 0 Å². The van der Waals surface area contributed by atoms with Crippen LogP contribution in [0.25, 0.3) is 0 Å². The summed E-state index contributed by atoms with van der Waals surface area (Å²) in [6, 6.07) is 3.92. The second-order valence-electron chi connectivity index (χ2n) is 3.36. The topological polar surface area (TPSA) is 12.9 Å². The van der Waals surface area contributed by atoms with Gasteiger partial charge in [0.1, 0.15) is 5.15 Å². The Bertz CT molecular complexity index is 273. The molecule has 0 aliphatic heterocycles. The monoisotopic (exact) mass is 247 g/mol. The van der Waals surface area contributed by atoms with Crippen molar-refractivity contribution in [3.63, 3.8) is 0 Å². The minimum atomic E-state index is 0.0470. The molecule has 0 bridgehead atoms. The third-order valence-electron chi connectivity index (χ3n) is 1.82. The summed E-state index contributed by atoms with van der Waals surface area (Å²) in [7, 11) is 0. The first-order valence-corrected chi connectivity index (χ1v) is 5.25. The molecule has 1 rings (SSSR count). The summed E-state index contributed by atoms with van der Waals surface area (Å²) < 4.78 is 0. The average molecular weight is 249 g/mol. The smallest absolute Gasteiger partial charge is 0.132 e. The van der Waals surface area contributed by atoms with E-state index in [9.17, 15) is 0 Å². The number of halogens is 2. The summed E-state index contributed by atoms with van der Waals surface area (Å²) in [5, 5.41) is 1.48. The molecule has 0 saturated carbocycles. The molecule has 0 N–H and O–H groups in total. The quantitative estimate of drug-likeness (QED) is 0.577. The van der Waals surface area contributed by atoms with E-state index in [1.807, 2.05) is 12.1 Å². The number of pyridine rings is 1. The summed E-state index contributed by atoms with van der Waals surface area (Å²) in [5.41, 5.74) is 1.13. The molecule has 1 aromatic heterocycles.